The molecule has 1 aromatic carbocycles. The van der Waals surface area contributed by atoms with Crippen LogP contribution in [0.2, 0.25) is 5.02 Å². The molecule has 39 heavy (non-hydrogen) atoms. The predicted octanol–water partition coefficient (Wildman–Crippen LogP) is 7.60. The molecule has 3 aromatic rings. The van der Waals surface area contributed by atoms with Crippen molar-refractivity contribution in [2.75, 3.05) is 19.6 Å². The summed E-state index contributed by atoms with van der Waals surface area (Å²) in [6.45, 7) is 10.0. The summed E-state index contributed by atoms with van der Waals surface area (Å²) in [7, 11) is 0. The molecule has 3 heterocycles. The number of fused-ring (bicyclic) bond motifs is 2. The van der Waals surface area contributed by atoms with Gasteiger partial charge in [0, 0.05) is 55.0 Å². The molecule has 4 nitrogen and oxygen atoms in total. The smallest absolute Gasteiger partial charge is 0.0739 e. The number of aromatic nitrogens is 2. The Morgan fingerprint density at radius 3 is 2.67 bits per heavy atom. The van der Waals surface area contributed by atoms with Crippen molar-refractivity contribution in [3.8, 4) is 0 Å². The summed E-state index contributed by atoms with van der Waals surface area (Å²) in [5.74, 6) is 0. The van der Waals surface area contributed by atoms with Crippen molar-refractivity contribution in [2.24, 2.45) is 4.99 Å². The maximum absolute atomic E-state index is 6.39. The Balaban J connectivity index is 1.28. The van der Waals surface area contributed by atoms with E-state index in [-0.39, 0.29) is 0 Å². The Morgan fingerprint density at radius 2 is 1.87 bits per heavy atom. The van der Waals surface area contributed by atoms with Crippen LogP contribution in [-0.4, -0.2) is 40.7 Å². The topological polar surface area (TPSA) is 41.4 Å². The maximum Gasteiger partial charge on any atom is 0.0739 e. The molecule has 1 aliphatic carbocycles. The number of aliphatic imine (C=N–C) groups is 1. The first-order valence-corrected chi connectivity index (χ1v) is 14.3. The summed E-state index contributed by atoms with van der Waals surface area (Å²) in [5, 5.41) is 0.811. The molecule has 0 atom stereocenters. The van der Waals surface area contributed by atoms with Gasteiger partial charge in [0.2, 0.25) is 0 Å². The fraction of sp³-hybridized carbons (Fsp3) is 0.324. The molecule has 5 heteroatoms. The van der Waals surface area contributed by atoms with Crippen LogP contribution < -0.4 is 0 Å². The monoisotopic (exact) mass is 536 g/mol. The average Bonchev–Trinajstić information content (AvgIpc) is 3.10. The number of allylic oxidation sites excluding steroid dienone is 2. The second-order valence-electron chi connectivity index (χ2n) is 10.7. The summed E-state index contributed by atoms with van der Waals surface area (Å²) in [6.07, 6.45) is 16.3. The van der Waals surface area contributed by atoms with Crippen LogP contribution in [0.4, 0.5) is 0 Å². The van der Waals surface area contributed by atoms with Crippen LogP contribution >= 0.6 is 11.6 Å². The highest BCUT2D eigenvalue weighted by atomic mass is 35.5. The van der Waals surface area contributed by atoms with Crippen LogP contribution in [0.25, 0.3) is 5.57 Å². The predicted molar refractivity (Wildman–Crippen MR) is 163 cm³/mol. The molecule has 1 fully saturated rings. The first kappa shape index (κ1) is 27.2. The number of rotatable bonds is 6. The highest BCUT2D eigenvalue weighted by Gasteiger charge is 2.25. The SMILES string of the molecule is C/C=C(\C=C(\C)C=NCc1cncc(C)c1)CN1CCC(=C2c3ccc(Cl)cc3CCc3cccnc32)CC1. The Labute approximate surface area is 237 Å². The number of aryl methyl sites for hydroxylation is 3. The molecule has 1 aliphatic heterocycles. The molecule has 5 rings (SSSR count). The minimum Gasteiger partial charge on any atom is -0.298 e. The molecule has 1 saturated heterocycles. The Bertz CT molecular complexity index is 1450. The van der Waals surface area contributed by atoms with E-state index in [0.29, 0.717) is 6.54 Å². The van der Waals surface area contributed by atoms with Gasteiger partial charge in [-0.3, -0.25) is 19.9 Å². The van der Waals surface area contributed by atoms with Gasteiger partial charge in [-0.15, -0.1) is 0 Å². The summed E-state index contributed by atoms with van der Waals surface area (Å²) < 4.78 is 0. The highest BCUT2D eigenvalue weighted by Crippen LogP contribution is 2.38. The number of pyridine rings is 2. The lowest BCUT2D eigenvalue weighted by Gasteiger charge is -2.30. The maximum atomic E-state index is 6.39. The first-order chi connectivity index (χ1) is 19.0. The number of piperidine rings is 1. The van der Waals surface area contributed by atoms with Crippen molar-refractivity contribution in [3.63, 3.8) is 0 Å². The van der Waals surface area contributed by atoms with E-state index < -0.39 is 0 Å². The number of nitrogens with zero attached hydrogens (tertiary/aromatic N) is 4. The number of benzene rings is 1. The first-order valence-electron chi connectivity index (χ1n) is 13.9. The van der Waals surface area contributed by atoms with E-state index in [4.69, 9.17) is 16.6 Å². The molecule has 0 radical (unpaired) electrons. The fourth-order valence-corrected chi connectivity index (χ4v) is 5.87. The van der Waals surface area contributed by atoms with Gasteiger partial charge in [0.1, 0.15) is 0 Å². The number of halogens is 1. The molecule has 0 unspecified atom stereocenters. The van der Waals surface area contributed by atoms with Gasteiger partial charge in [-0.1, -0.05) is 47.5 Å². The van der Waals surface area contributed by atoms with Crippen LogP contribution in [0.15, 0.2) is 88.9 Å². The van der Waals surface area contributed by atoms with E-state index in [1.165, 1.54) is 44.5 Å². The van der Waals surface area contributed by atoms with Gasteiger partial charge in [0.05, 0.1) is 12.2 Å². The minimum atomic E-state index is 0.655. The zero-order valence-electron chi connectivity index (χ0n) is 23.3. The standard InChI is InChI=1S/C34H37ClN4/c1-4-26(16-24(2)19-36-21-27-17-25(3)20-37-22-27)23-39-14-11-28(12-15-39)33-32-10-9-31(35)18-30(32)8-7-29-6-5-13-38-34(29)33/h4-6,9-10,13,16-20,22H,7-8,11-12,14-15,21,23H2,1-3H3/b24-16-,26-4+,36-19?. The average molecular weight is 537 g/mol. The van der Waals surface area contributed by atoms with Crippen LogP contribution in [0.3, 0.4) is 0 Å². The second kappa shape index (κ2) is 12.7. The van der Waals surface area contributed by atoms with Crippen LogP contribution in [0.1, 0.15) is 60.2 Å². The molecule has 0 amide bonds. The zero-order chi connectivity index (χ0) is 27.2. The second-order valence-corrected chi connectivity index (χ2v) is 11.1. The van der Waals surface area contributed by atoms with E-state index in [9.17, 15) is 0 Å². The lowest BCUT2D eigenvalue weighted by Crippen LogP contribution is -2.32. The molecule has 0 bridgehead atoms. The zero-order valence-corrected chi connectivity index (χ0v) is 24.0. The van der Waals surface area contributed by atoms with Crippen molar-refractivity contribution >= 4 is 23.4 Å². The third kappa shape index (κ3) is 6.81. The number of hydrogen-bond acceptors (Lipinski definition) is 4. The molecular weight excluding hydrogens is 500 g/mol. The summed E-state index contributed by atoms with van der Waals surface area (Å²) >= 11 is 6.39. The normalized spacial score (nSPS) is 16.8. The van der Waals surface area contributed by atoms with E-state index in [2.05, 4.69) is 78.1 Å². The van der Waals surface area contributed by atoms with Crippen molar-refractivity contribution in [1.82, 2.24) is 14.9 Å². The van der Waals surface area contributed by atoms with Crippen molar-refractivity contribution in [3.05, 3.63) is 122 Å². The van der Waals surface area contributed by atoms with E-state index >= 15 is 0 Å². The van der Waals surface area contributed by atoms with E-state index in [1.54, 1.807) is 0 Å². The largest absolute Gasteiger partial charge is 0.298 e. The Hall–Kier alpha value is -3.34. The lowest BCUT2D eigenvalue weighted by atomic mass is 9.88. The molecule has 0 spiro atoms. The third-order valence-corrected chi connectivity index (χ3v) is 7.87. The van der Waals surface area contributed by atoms with Crippen LogP contribution in [-0.2, 0) is 19.4 Å². The van der Waals surface area contributed by atoms with E-state index in [0.717, 1.165) is 61.6 Å². The molecule has 2 aromatic heterocycles. The summed E-state index contributed by atoms with van der Waals surface area (Å²) in [5.41, 5.74) is 12.8. The van der Waals surface area contributed by atoms with Crippen molar-refractivity contribution in [2.45, 2.75) is 53.0 Å². The fourth-order valence-electron chi connectivity index (χ4n) is 5.67. The molecule has 2 aliphatic rings. The van der Waals surface area contributed by atoms with Crippen molar-refractivity contribution < 1.29 is 0 Å². The summed E-state index contributed by atoms with van der Waals surface area (Å²) in [4.78, 5) is 16.3. The Morgan fingerprint density at radius 1 is 1.05 bits per heavy atom. The van der Waals surface area contributed by atoms with Gasteiger partial charge in [-0.25, -0.2) is 0 Å². The third-order valence-electron chi connectivity index (χ3n) is 7.63. The molecule has 0 N–H and O–H groups in total. The highest BCUT2D eigenvalue weighted by molar-refractivity contribution is 6.30. The molecule has 0 saturated carbocycles. The number of likely N-dealkylation sites (tertiary alicyclic amines) is 1. The van der Waals surface area contributed by atoms with Gasteiger partial charge in [-0.05, 0) is 104 Å². The quantitative estimate of drug-likeness (QED) is 0.240. The van der Waals surface area contributed by atoms with Crippen LogP contribution in [0.5, 0.6) is 0 Å². The van der Waals surface area contributed by atoms with Gasteiger partial charge >= 0.3 is 0 Å². The minimum absolute atomic E-state index is 0.655. The molecule has 200 valence electrons. The van der Waals surface area contributed by atoms with Crippen LogP contribution in [0, 0.1) is 6.92 Å². The van der Waals surface area contributed by atoms with Crippen molar-refractivity contribution in [1.29, 1.82) is 0 Å². The van der Waals surface area contributed by atoms with Gasteiger partial charge in [0.15, 0.2) is 0 Å². The van der Waals surface area contributed by atoms with Gasteiger partial charge < -0.3 is 0 Å². The molecular formula is C34H37ClN4. The number of hydrogen-bond donors (Lipinski definition) is 0. The van der Waals surface area contributed by atoms with E-state index in [1.807, 2.05) is 30.9 Å². The van der Waals surface area contributed by atoms with Gasteiger partial charge in [0.25, 0.3) is 0 Å². The lowest BCUT2D eigenvalue weighted by molar-refractivity contribution is 0.279. The van der Waals surface area contributed by atoms with Gasteiger partial charge in [-0.2, -0.15) is 0 Å². The summed E-state index contributed by atoms with van der Waals surface area (Å²) in [6, 6.07) is 12.8. The Kier molecular flexibility index (Phi) is 8.85.